The molecule has 1 fully saturated rings. The summed E-state index contributed by atoms with van der Waals surface area (Å²) in [5.74, 6) is 1.52. The second-order valence-corrected chi connectivity index (χ2v) is 3.96. The molecular weight excluding hydrogens is 218 g/mol. The molecule has 3 rings (SSSR count). The number of nitrogens with zero attached hydrogens (tertiary/aromatic N) is 1. The highest BCUT2D eigenvalue weighted by Gasteiger charge is 2.21. The molecule has 3 heterocycles. The molecule has 0 saturated carbocycles. The molecule has 0 aliphatic carbocycles. The Morgan fingerprint density at radius 3 is 2.76 bits per heavy atom. The van der Waals surface area contributed by atoms with Crippen LogP contribution in [0.1, 0.15) is 17.7 Å². The van der Waals surface area contributed by atoms with E-state index in [1.807, 2.05) is 31.2 Å². The quantitative estimate of drug-likeness (QED) is 0.797. The molecule has 4 heteroatoms. The number of aryl methyl sites for hydroxylation is 1. The Balaban J connectivity index is 1.89. The van der Waals surface area contributed by atoms with Crippen molar-refractivity contribution in [1.29, 1.82) is 0 Å². The Labute approximate surface area is 99.2 Å². The first-order chi connectivity index (χ1) is 8.33. The Hall–Kier alpha value is -1.65. The van der Waals surface area contributed by atoms with Crippen molar-refractivity contribution in [3.05, 3.63) is 41.9 Å². The fraction of sp³-hybridized carbons (Fsp3) is 0.308. The van der Waals surface area contributed by atoms with Crippen molar-refractivity contribution in [2.45, 2.75) is 13.2 Å². The van der Waals surface area contributed by atoms with E-state index < -0.39 is 0 Å². The normalized spacial score (nSPS) is 16.5. The first-order valence-corrected chi connectivity index (χ1v) is 5.59. The zero-order valence-corrected chi connectivity index (χ0v) is 9.55. The summed E-state index contributed by atoms with van der Waals surface area (Å²) < 4.78 is 16.5. The van der Waals surface area contributed by atoms with Gasteiger partial charge in [0.15, 0.2) is 5.76 Å². The third-order valence-corrected chi connectivity index (χ3v) is 2.66. The van der Waals surface area contributed by atoms with Crippen LogP contribution in [0, 0.1) is 6.92 Å². The molecular formula is C13H13NO3. The summed E-state index contributed by atoms with van der Waals surface area (Å²) in [6, 6.07) is 7.72. The van der Waals surface area contributed by atoms with Gasteiger partial charge in [0.05, 0.1) is 13.2 Å². The topological polar surface area (TPSA) is 44.5 Å². The average Bonchev–Trinajstić information content (AvgIpc) is 3.00. The summed E-state index contributed by atoms with van der Waals surface area (Å²) in [6.45, 7) is 3.20. The summed E-state index contributed by atoms with van der Waals surface area (Å²) in [4.78, 5) is 4.16. The fourth-order valence-electron chi connectivity index (χ4n) is 1.86. The van der Waals surface area contributed by atoms with E-state index in [0.717, 1.165) is 17.0 Å². The van der Waals surface area contributed by atoms with Crippen molar-refractivity contribution in [3.63, 3.8) is 0 Å². The maximum absolute atomic E-state index is 5.73. The molecule has 88 valence electrons. The lowest BCUT2D eigenvalue weighted by atomic mass is 10.2. The molecule has 0 aromatic carbocycles. The Morgan fingerprint density at radius 1 is 1.18 bits per heavy atom. The largest absolute Gasteiger partial charge is 0.456 e. The maximum atomic E-state index is 5.73. The van der Waals surface area contributed by atoms with Gasteiger partial charge < -0.3 is 13.9 Å². The van der Waals surface area contributed by atoms with E-state index in [-0.39, 0.29) is 6.29 Å². The van der Waals surface area contributed by atoms with Crippen LogP contribution in [0.15, 0.2) is 34.9 Å². The van der Waals surface area contributed by atoms with Gasteiger partial charge in [-0.05, 0) is 31.2 Å². The second kappa shape index (κ2) is 4.31. The van der Waals surface area contributed by atoms with Crippen LogP contribution in [-0.2, 0) is 9.47 Å². The van der Waals surface area contributed by atoms with E-state index in [1.165, 1.54) is 0 Å². The van der Waals surface area contributed by atoms with Crippen LogP contribution < -0.4 is 0 Å². The van der Waals surface area contributed by atoms with Crippen LogP contribution in [0.5, 0.6) is 0 Å². The average molecular weight is 231 g/mol. The summed E-state index contributed by atoms with van der Waals surface area (Å²) in [5.41, 5.74) is 1.98. The minimum atomic E-state index is -0.355. The molecule has 0 unspecified atom stereocenters. The molecule has 17 heavy (non-hydrogen) atoms. The second-order valence-electron chi connectivity index (χ2n) is 3.96. The van der Waals surface area contributed by atoms with Crippen LogP contribution in [0.2, 0.25) is 0 Å². The molecule has 2 aromatic heterocycles. The van der Waals surface area contributed by atoms with Crippen LogP contribution >= 0.6 is 0 Å². The third-order valence-electron chi connectivity index (χ3n) is 2.66. The highest BCUT2D eigenvalue weighted by atomic mass is 16.7. The molecule has 2 aromatic rings. The Morgan fingerprint density at radius 2 is 2.00 bits per heavy atom. The van der Waals surface area contributed by atoms with E-state index in [2.05, 4.69) is 4.98 Å². The number of hydrogen-bond donors (Lipinski definition) is 0. The standard InChI is InChI=1S/C13H13NO3/c1-9-8-10(4-5-14-9)11-2-3-12(17-11)13-15-6-7-16-13/h2-5,8,13H,6-7H2,1H3. The number of pyridine rings is 1. The SMILES string of the molecule is Cc1cc(-c2ccc(C3OCCO3)o2)ccn1. The maximum Gasteiger partial charge on any atom is 0.217 e. The zero-order chi connectivity index (χ0) is 11.7. The van der Waals surface area contributed by atoms with Crippen molar-refractivity contribution in [2.75, 3.05) is 13.2 Å². The van der Waals surface area contributed by atoms with Gasteiger partial charge in [0.1, 0.15) is 5.76 Å². The van der Waals surface area contributed by atoms with Crippen molar-refractivity contribution in [3.8, 4) is 11.3 Å². The lowest BCUT2D eigenvalue weighted by molar-refractivity contribution is -0.0585. The monoisotopic (exact) mass is 231 g/mol. The van der Waals surface area contributed by atoms with Gasteiger partial charge in [-0.3, -0.25) is 4.98 Å². The predicted octanol–water partition coefficient (Wildman–Crippen LogP) is 2.70. The van der Waals surface area contributed by atoms with Crippen molar-refractivity contribution in [1.82, 2.24) is 4.98 Å². The molecule has 1 aliphatic rings. The summed E-state index contributed by atoms with van der Waals surface area (Å²) in [5, 5.41) is 0. The van der Waals surface area contributed by atoms with Gasteiger partial charge in [0.25, 0.3) is 0 Å². The lowest BCUT2D eigenvalue weighted by Crippen LogP contribution is -1.94. The Kier molecular flexibility index (Phi) is 2.66. The first kappa shape index (κ1) is 10.5. The van der Waals surface area contributed by atoms with Crippen LogP contribution in [0.4, 0.5) is 0 Å². The minimum absolute atomic E-state index is 0.355. The summed E-state index contributed by atoms with van der Waals surface area (Å²) >= 11 is 0. The molecule has 0 amide bonds. The van der Waals surface area contributed by atoms with Gasteiger partial charge in [0.2, 0.25) is 6.29 Å². The van der Waals surface area contributed by atoms with E-state index in [9.17, 15) is 0 Å². The van der Waals surface area contributed by atoms with Crippen LogP contribution in [0.25, 0.3) is 11.3 Å². The fourth-order valence-corrected chi connectivity index (χ4v) is 1.86. The summed E-state index contributed by atoms with van der Waals surface area (Å²) in [6.07, 6.45) is 1.42. The molecule has 1 saturated heterocycles. The molecule has 1 aliphatic heterocycles. The van der Waals surface area contributed by atoms with E-state index >= 15 is 0 Å². The van der Waals surface area contributed by atoms with Gasteiger partial charge in [-0.2, -0.15) is 0 Å². The molecule has 4 nitrogen and oxygen atoms in total. The van der Waals surface area contributed by atoms with Crippen molar-refractivity contribution < 1.29 is 13.9 Å². The smallest absolute Gasteiger partial charge is 0.217 e. The highest BCUT2D eigenvalue weighted by molar-refractivity contribution is 5.57. The molecule has 0 radical (unpaired) electrons. The van der Waals surface area contributed by atoms with Crippen molar-refractivity contribution in [2.24, 2.45) is 0 Å². The number of furan rings is 1. The van der Waals surface area contributed by atoms with Gasteiger partial charge in [-0.1, -0.05) is 0 Å². The van der Waals surface area contributed by atoms with Gasteiger partial charge in [-0.15, -0.1) is 0 Å². The van der Waals surface area contributed by atoms with Gasteiger partial charge >= 0.3 is 0 Å². The molecule has 0 atom stereocenters. The van der Waals surface area contributed by atoms with Gasteiger partial charge in [-0.25, -0.2) is 0 Å². The molecule has 0 spiro atoms. The lowest BCUT2D eigenvalue weighted by Gasteiger charge is -2.04. The van der Waals surface area contributed by atoms with Crippen molar-refractivity contribution >= 4 is 0 Å². The first-order valence-electron chi connectivity index (χ1n) is 5.59. The van der Waals surface area contributed by atoms with E-state index in [0.29, 0.717) is 19.0 Å². The predicted molar refractivity (Wildman–Crippen MR) is 61.3 cm³/mol. The zero-order valence-electron chi connectivity index (χ0n) is 9.55. The number of hydrogen-bond acceptors (Lipinski definition) is 4. The van der Waals surface area contributed by atoms with E-state index in [1.54, 1.807) is 6.20 Å². The van der Waals surface area contributed by atoms with Gasteiger partial charge in [0, 0.05) is 17.5 Å². The third kappa shape index (κ3) is 2.09. The van der Waals surface area contributed by atoms with Crippen LogP contribution in [0.3, 0.4) is 0 Å². The molecule has 0 bridgehead atoms. The highest BCUT2D eigenvalue weighted by Crippen LogP contribution is 2.29. The molecule has 0 N–H and O–H groups in total. The number of rotatable bonds is 2. The Bertz CT molecular complexity index is 515. The number of aromatic nitrogens is 1. The minimum Gasteiger partial charge on any atom is -0.456 e. The number of ether oxygens (including phenoxy) is 2. The van der Waals surface area contributed by atoms with Crippen LogP contribution in [-0.4, -0.2) is 18.2 Å². The summed E-state index contributed by atoms with van der Waals surface area (Å²) in [7, 11) is 0. The van der Waals surface area contributed by atoms with E-state index in [4.69, 9.17) is 13.9 Å².